The van der Waals surface area contributed by atoms with Gasteiger partial charge in [-0.25, -0.2) is 4.98 Å². The van der Waals surface area contributed by atoms with Gasteiger partial charge in [0.05, 0.1) is 22.2 Å². The SMILES string of the molecule is c1cc(-c2cccc3c2ccc2c(-c4ccc5ccccc5c4)nc4ccccc4c23)cc(-n2c3ccccc3c3ccccc32)c1. The van der Waals surface area contributed by atoms with Crippen LogP contribution in [0, 0.1) is 0 Å². The maximum absolute atomic E-state index is 5.25. The van der Waals surface area contributed by atoms with Gasteiger partial charge in [-0.2, -0.15) is 0 Å². The van der Waals surface area contributed by atoms with Gasteiger partial charge in [0.25, 0.3) is 0 Å². The van der Waals surface area contributed by atoms with Crippen molar-refractivity contribution in [2.24, 2.45) is 0 Å². The highest BCUT2D eigenvalue weighted by atomic mass is 15.0. The first kappa shape index (κ1) is 26.0. The van der Waals surface area contributed by atoms with Crippen LogP contribution in [0.1, 0.15) is 0 Å². The molecule has 2 nitrogen and oxygen atoms in total. The Kier molecular flexibility index (Phi) is 5.61. The Hall–Kier alpha value is -6.25. The molecule has 0 aliphatic heterocycles. The van der Waals surface area contributed by atoms with Crippen LogP contribution in [0.5, 0.6) is 0 Å². The molecule has 0 aliphatic carbocycles. The van der Waals surface area contributed by atoms with Gasteiger partial charge in [0, 0.05) is 38.2 Å². The van der Waals surface area contributed by atoms with Gasteiger partial charge >= 0.3 is 0 Å². The molecule has 2 heteroatoms. The van der Waals surface area contributed by atoms with Crippen molar-refractivity contribution in [3.8, 4) is 28.1 Å². The topological polar surface area (TPSA) is 17.8 Å². The van der Waals surface area contributed by atoms with E-state index in [1.165, 1.54) is 70.6 Å². The van der Waals surface area contributed by atoms with Gasteiger partial charge in [-0.1, -0.05) is 133 Å². The maximum atomic E-state index is 5.25. The summed E-state index contributed by atoms with van der Waals surface area (Å²) >= 11 is 0. The lowest BCUT2D eigenvalue weighted by Gasteiger charge is -2.16. The highest BCUT2D eigenvalue weighted by Gasteiger charge is 2.16. The van der Waals surface area contributed by atoms with Gasteiger partial charge in [-0.15, -0.1) is 0 Å². The molecule has 0 aliphatic rings. The lowest BCUT2D eigenvalue weighted by Crippen LogP contribution is -1.94. The minimum atomic E-state index is 1.01. The summed E-state index contributed by atoms with van der Waals surface area (Å²) < 4.78 is 2.39. The van der Waals surface area contributed by atoms with E-state index in [9.17, 15) is 0 Å². The van der Waals surface area contributed by atoms with Crippen molar-refractivity contribution in [3.63, 3.8) is 0 Å². The Labute approximate surface area is 271 Å². The van der Waals surface area contributed by atoms with Crippen LogP contribution in [0.3, 0.4) is 0 Å². The molecule has 2 heterocycles. The van der Waals surface area contributed by atoms with E-state index in [4.69, 9.17) is 4.98 Å². The zero-order valence-corrected chi connectivity index (χ0v) is 25.6. The average molecular weight is 597 g/mol. The van der Waals surface area contributed by atoms with Crippen molar-refractivity contribution < 1.29 is 0 Å². The number of hydrogen-bond acceptors (Lipinski definition) is 1. The first-order valence-electron chi connectivity index (χ1n) is 16.1. The van der Waals surface area contributed by atoms with Gasteiger partial charge in [0.2, 0.25) is 0 Å². The van der Waals surface area contributed by atoms with Gasteiger partial charge in [0.1, 0.15) is 0 Å². The van der Waals surface area contributed by atoms with Crippen LogP contribution in [0.2, 0.25) is 0 Å². The first-order chi connectivity index (χ1) is 23.3. The van der Waals surface area contributed by atoms with Crippen molar-refractivity contribution >= 4 is 65.0 Å². The van der Waals surface area contributed by atoms with E-state index in [1.54, 1.807) is 0 Å². The molecule has 0 atom stereocenters. The molecule has 10 rings (SSSR count). The summed E-state index contributed by atoms with van der Waals surface area (Å²) in [6.45, 7) is 0. The number of hydrogen-bond donors (Lipinski definition) is 0. The second kappa shape index (κ2) is 10.1. The van der Waals surface area contributed by atoms with Crippen LogP contribution < -0.4 is 0 Å². The third-order valence-corrected chi connectivity index (χ3v) is 9.74. The quantitative estimate of drug-likeness (QED) is 0.186. The summed E-state index contributed by atoms with van der Waals surface area (Å²) in [5.41, 5.74) is 9.17. The molecule has 0 N–H and O–H groups in total. The van der Waals surface area contributed by atoms with Crippen molar-refractivity contribution in [2.75, 3.05) is 0 Å². The molecule has 0 saturated heterocycles. The second-order valence-corrected chi connectivity index (χ2v) is 12.3. The fourth-order valence-corrected chi connectivity index (χ4v) is 7.63. The highest BCUT2D eigenvalue weighted by Crippen LogP contribution is 2.41. The Bertz CT molecular complexity index is 2800. The van der Waals surface area contributed by atoms with Crippen molar-refractivity contribution in [1.82, 2.24) is 9.55 Å². The van der Waals surface area contributed by atoms with Crippen LogP contribution >= 0.6 is 0 Å². The molecule has 0 radical (unpaired) electrons. The minimum Gasteiger partial charge on any atom is -0.309 e. The molecule has 0 fully saturated rings. The van der Waals surface area contributed by atoms with E-state index in [0.717, 1.165) is 22.5 Å². The fourth-order valence-electron chi connectivity index (χ4n) is 7.63. The van der Waals surface area contributed by atoms with Crippen molar-refractivity contribution in [1.29, 1.82) is 0 Å². The zero-order valence-electron chi connectivity index (χ0n) is 25.6. The highest BCUT2D eigenvalue weighted by molar-refractivity contribution is 6.24. The molecule has 0 amide bonds. The van der Waals surface area contributed by atoms with E-state index >= 15 is 0 Å². The third-order valence-electron chi connectivity index (χ3n) is 9.74. The number of nitrogens with zero attached hydrogens (tertiary/aromatic N) is 2. The fraction of sp³-hybridized carbons (Fsp3) is 0. The summed E-state index contributed by atoms with van der Waals surface area (Å²) in [7, 11) is 0. The van der Waals surface area contributed by atoms with E-state index in [2.05, 4.69) is 174 Å². The maximum Gasteiger partial charge on any atom is 0.0788 e. The molecule has 2 aromatic heterocycles. The Morgan fingerprint density at radius 1 is 0.383 bits per heavy atom. The van der Waals surface area contributed by atoms with Gasteiger partial charge in [-0.05, 0) is 69.1 Å². The molecule has 0 unspecified atom stereocenters. The summed E-state index contributed by atoms with van der Waals surface area (Å²) in [6, 6.07) is 61.4. The Morgan fingerprint density at radius 2 is 1.04 bits per heavy atom. The largest absolute Gasteiger partial charge is 0.309 e. The predicted molar refractivity (Wildman–Crippen MR) is 199 cm³/mol. The molecular formula is C45H28N2. The molecule has 0 saturated carbocycles. The minimum absolute atomic E-state index is 1.01. The second-order valence-electron chi connectivity index (χ2n) is 12.3. The molecule has 218 valence electrons. The number of para-hydroxylation sites is 3. The third kappa shape index (κ3) is 3.95. The van der Waals surface area contributed by atoms with Crippen LogP contribution in [-0.2, 0) is 0 Å². The van der Waals surface area contributed by atoms with E-state index < -0.39 is 0 Å². The molecule has 10 aromatic rings. The molecule has 47 heavy (non-hydrogen) atoms. The van der Waals surface area contributed by atoms with Gasteiger partial charge in [-0.3, -0.25) is 0 Å². The molecule has 0 bridgehead atoms. The van der Waals surface area contributed by atoms with E-state index in [1.807, 2.05) is 0 Å². The number of aromatic nitrogens is 2. The lowest BCUT2D eigenvalue weighted by molar-refractivity contribution is 1.18. The normalized spacial score (nSPS) is 11.8. The number of rotatable bonds is 3. The summed E-state index contributed by atoms with van der Waals surface area (Å²) in [5, 5.41) is 11.1. The smallest absolute Gasteiger partial charge is 0.0788 e. The van der Waals surface area contributed by atoms with Crippen molar-refractivity contribution in [2.45, 2.75) is 0 Å². The van der Waals surface area contributed by atoms with Crippen molar-refractivity contribution in [3.05, 3.63) is 170 Å². The predicted octanol–water partition coefficient (Wildman–Crippen LogP) is 12.1. The first-order valence-corrected chi connectivity index (χ1v) is 16.1. The lowest BCUT2D eigenvalue weighted by atomic mass is 9.91. The molecule has 0 spiro atoms. The summed E-state index contributed by atoms with van der Waals surface area (Å²) in [5.74, 6) is 0. The summed E-state index contributed by atoms with van der Waals surface area (Å²) in [6.07, 6.45) is 0. The van der Waals surface area contributed by atoms with Gasteiger partial charge in [0.15, 0.2) is 0 Å². The summed E-state index contributed by atoms with van der Waals surface area (Å²) in [4.78, 5) is 5.25. The number of fused-ring (bicyclic) bond motifs is 9. The Balaban J connectivity index is 1.22. The van der Waals surface area contributed by atoms with Gasteiger partial charge < -0.3 is 4.57 Å². The number of pyridine rings is 1. The molecular weight excluding hydrogens is 569 g/mol. The van der Waals surface area contributed by atoms with Crippen LogP contribution in [0.4, 0.5) is 0 Å². The Morgan fingerprint density at radius 3 is 1.87 bits per heavy atom. The molecule has 8 aromatic carbocycles. The monoisotopic (exact) mass is 596 g/mol. The standard InChI is InChI=1S/C45H28N2/c1-2-12-30-27-32(24-23-29(30)11-1)45-40-26-25-35-34(18-10-19-38(35)44(40)39-17-3-6-20-41(39)46-45)31-13-9-14-33(28-31)47-42-21-7-4-15-36(42)37-16-5-8-22-43(37)47/h1-28H. The zero-order chi connectivity index (χ0) is 30.9. The number of benzene rings is 8. The van der Waals surface area contributed by atoms with Crippen LogP contribution in [-0.4, -0.2) is 9.55 Å². The average Bonchev–Trinajstić information content (AvgIpc) is 3.48. The van der Waals surface area contributed by atoms with E-state index in [0.29, 0.717) is 0 Å². The van der Waals surface area contributed by atoms with Crippen LogP contribution in [0.15, 0.2) is 170 Å². The van der Waals surface area contributed by atoms with Crippen LogP contribution in [0.25, 0.3) is 93.1 Å². The van der Waals surface area contributed by atoms with E-state index in [-0.39, 0.29) is 0 Å².